The standard InChI is InChI=1S/C22H24ClN3O5S/c23-19-9-8-18(26(28)29)15-21(19)32(30,31)24-13-10-17(11-14-24)22(27)25-12-4-7-20(25)16-5-2-1-3-6-16/h1-3,5-6,8-9,15,17,20H,4,7,10-14H2. The zero-order valence-corrected chi connectivity index (χ0v) is 19.0. The van der Waals surface area contributed by atoms with Crippen LogP contribution in [0.3, 0.4) is 0 Å². The lowest BCUT2D eigenvalue weighted by Crippen LogP contribution is -2.44. The average molecular weight is 478 g/mol. The molecular weight excluding hydrogens is 454 g/mol. The fraction of sp³-hybridized carbons (Fsp3) is 0.409. The van der Waals surface area contributed by atoms with E-state index in [1.807, 2.05) is 35.2 Å². The van der Waals surface area contributed by atoms with Crippen molar-refractivity contribution in [3.8, 4) is 0 Å². The lowest BCUT2D eigenvalue weighted by Gasteiger charge is -2.34. The summed E-state index contributed by atoms with van der Waals surface area (Å²) in [4.78, 5) is 25.3. The summed E-state index contributed by atoms with van der Waals surface area (Å²) in [6.45, 7) is 1.05. The van der Waals surface area contributed by atoms with Gasteiger partial charge in [-0.1, -0.05) is 41.9 Å². The van der Waals surface area contributed by atoms with E-state index in [0.29, 0.717) is 19.4 Å². The van der Waals surface area contributed by atoms with Gasteiger partial charge in [0.05, 0.1) is 16.0 Å². The van der Waals surface area contributed by atoms with Crippen LogP contribution in [0.25, 0.3) is 0 Å². The molecule has 2 heterocycles. The first kappa shape index (κ1) is 22.7. The predicted octanol–water partition coefficient (Wildman–Crippen LogP) is 4.01. The number of nitro groups is 1. The van der Waals surface area contributed by atoms with Crippen molar-refractivity contribution in [1.29, 1.82) is 0 Å². The number of amides is 1. The number of rotatable bonds is 5. The van der Waals surface area contributed by atoms with Gasteiger partial charge < -0.3 is 4.90 Å². The second-order valence-corrected chi connectivity index (χ2v) is 10.5. The molecule has 2 fully saturated rings. The fourth-order valence-corrected chi connectivity index (χ4v) is 6.54. The van der Waals surface area contributed by atoms with E-state index in [2.05, 4.69) is 0 Å². The summed E-state index contributed by atoms with van der Waals surface area (Å²) >= 11 is 6.05. The number of hydrogen-bond donors (Lipinski definition) is 0. The largest absolute Gasteiger partial charge is 0.335 e. The molecule has 2 aromatic carbocycles. The number of nitrogens with zero attached hydrogens (tertiary/aromatic N) is 3. The third-order valence-corrected chi connectivity index (χ3v) is 8.65. The second-order valence-electron chi connectivity index (χ2n) is 8.15. The zero-order chi connectivity index (χ0) is 22.9. The predicted molar refractivity (Wildman–Crippen MR) is 120 cm³/mol. The molecule has 10 heteroatoms. The van der Waals surface area contributed by atoms with Gasteiger partial charge in [0.1, 0.15) is 4.90 Å². The van der Waals surface area contributed by atoms with Crippen LogP contribution in [0.15, 0.2) is 53.4 Å². The normalized spacial score (nSPS) is 20.4. The van der Waals surface area contributed by atoms with Gasteiger partial charge in [0.15, 0.2) is 0 Å². The molecule has 2 aromatic rings. The van der Waals surface area contributed by atoms with Gasteiger partial charge in [0, 0.05) is 37.7 Å². The highest BCUT2D eigenvalue weighted by atomic mass is 35.5. The van der Waals surface area contributed by atoms with E-state index < -0.39 is 14.9 Å². The molecule has 32 heavy (non-hydrogen) atoms. The summed E-state index contributed by atoms with van der Waals surface area (Å²) in [7, 11) is -4.00. The number of carbonyl (C=O) groups excluding carboxylic acids is 1. The summed E-state index contributed by atoms with van der Waals surface area (Å²) in [5.74, 6) is -0.173. The number of nitro benzene ring substituents is 1. The highest BCUT2D eigenvalue weighted by molar-refractivity contribution is 7.89. The highest BCUT2D eigenvalue weighted by Crippen LogP contribution is 2.36. The van der Waals surface area contributed by atoms with Crippen LogP contribution in [0, 0.1) is 16.0 Å². The van der Waals surface area contributed by atoms with Gasteiger partial charge in [-0.2, -0.15) is 4.31 Å². The number of hydrogen-bond acceptors (Lipinski definition) is 5. The Morgan fingerprint density at radius 1 is 1.03 bits per heavy atom. The Morgan fingerprint density at radius 2 is 1.72 bits per heavy atom. The molecule has 0 spiro atoms. The number of sulfonamides is 1. The van der Waals surface area contributed by atoms with Gasteiger partial charge in [-0.3, -0.25) is 14.9 Å². The van der Waals surface area contributed by atoms with E-state index in [-0.39, 0.29) is 46.6 Å². The molecule has 2 aliphatic heterocycles. The topological polar surface area (TPSA) is 101 Å². The summed E-state index contributed by atoms with van der Waals surface area (Å²) in [5, 5.41) is 11.0. The van der Waals surface area contributed by atoms with Crippen LogP contribution < -0.4 is 0 Å². The second kappa shape index (κ2) is 9.17. The Labute approximate surface area is 192 Å². The van der Waals surface area contributed by atoms with Crippen molar-refractivity contribution in [3.63, 3.8) is 0 Å². The molecule has 1 atom stereocenters. The van der Waals surface area contributed by atoms with Crippen molar-refractivity contribution < 1.29 is 18.1 Å². The Balaban J connectivity index is 1.45. The molecule has 0 aliphatic carbocycles. The monoisotopic (exact) mass is 477 g/mol. The number of likely N-dealkylation sites (tertiary alicyclic amines) is 1. The number of halogens is 1. The van der Waals surface area contributed by atoms with Crippen molar-refractivity contribution in [2.75, 3.05) is 19.6 Å². The van der Waals surface area contributed by atoms with Crippen LogP contribution in [0.4, 0.5) is 5.69 Å². The SMILES string of the molecule is O=C(C1CCN(S(=O)(=O)c2cc([N+](=O)[O-])ccc2Cl)CC1)N1CCCC1c1ccccc1. The minimum Gasteiger partial charge on any atom is -0.335 e. The number of benzene rings is 2. The third kappa shape index (κ3) is 4.37. The van der Waals surface area contributed by atoms with Crippen molar-refractivity contribution in [2.45, 2.75) is 36.6 Å². The minimum atomic E-state index is -4.00. The molecule has 0 radical (unpaired) electrons. The maximum absolute atomic E-state index is 13.2. The Bertz CT molecular complexity index is 1120. The van der Waals surface area contributed by atoms with Crippen LogP contribution in [0.2, 0.25) is 5.02 Å². The Morgan fingerprint density at radius 3 is 2.38 bits per heavy atom. The van der Waals surface area contributed by atoms with E-state index >= 15 is 0 Å². The van der Waals surface area contributed by atoms with E-state index in [9.17, 15) is 23.3 Å². The molecular formula is C22H24ClN3O5S. The Hall–Kier alpha value is -2.49. The lowest BCUT2D eigenvalue weighted by atomic mass is 9.95. The molecule has 1 unspecified atom stereocenters. The summed E-state index contributed by atoms with van der Waals surface area (Å²) < 4.78 is 27.4. The molecule has 2 aliphatic rings. The van der Waals surface area contributed by atoms with Gasteiger partial charge >= 0.3 is 0 Å². The maximum Gasteiger partial charge on any atom is 0.270 e. The molecule has 1 amide bonds. The molecule has 0 saturated carbocycles. The van der Waals surface area contributed by atoms with Crippen LogP contribution >= 0.6 is 11.6 Å². The molecule has 2 saturated heterocycles. The first-order valence-electron chi connectivity index (χ1n) is 10.6. The highest BCUT2D eigenvalue weighted by Gasteiger charge is 2.38. The van der Waals surface area contributed by atoms with E-state index in [1.165, 1.54) is 16.4 Å². The van der Waals surface area contributed by atoms with Gasteiger partial charge in [-0.25, -0.2) is 8.42 Å². The molecule has 4 rings (SSSR count). The van der Waals surface area contributed by atoms with Gasteiger partial charge in [-0.05, 0) is 37.3 Å². The third-order valence-electron chi connectivity index (χ3n) is 6.27. The molecule has 0 aromatic heterocycles. The summed E-state index contributed by atoms with van der Waals surface area (Å²) in [5.41, 5.74) is 0.790. The maximum atomic E-state index is 13.2. The first-order valence-corrected chi connectivity index (χ1v) is 12.4. The van der Waals surface area contributed by atoms with Crippen molar-refractivity contribution in [1.82, 2.24) is 9.21 Å². The quantitative estimate of drug-likeness (QED) is 0.478. The molecule has 0 bridgehead atoms. The number of piperidine rings is 1. The fourth-order valence-electron chi connectivity index (χ4n) is 4.57. The zero-order valence-electron chi connectivity index (χ0n) is 17.4. The summed E-state index contributed by atoms with van der Waals surface area (Å²) in [6.07, 6.45) is 2.68. The smallest absolute Gasteiger partial charge is 0.270 e. The van der Waals surface area contributed by atoms with Gasteiger partial charge in [0.2, 0.25) is 15.9 Å². The van der Waals surface area contributed by atoms with Crippen LogP contribution in [0.1, 0.15) is 37.3 Å². The Kier molecular flexibility index (Phi) is 6.50. The van der Waals surface area contributed by atoms with Crippen LogP contribution in [0.5, 0.6) is 0 Å². The molecule has 0 N–H and O–H groups in total. The van der Waals surface area contributed by atoms with Crippen LogP contribution in [-0.2, 0) is 14.8 Å². The molecule has 8 nitrogen and oxygen atoms in total. The summed E-state index contributed by atoms with van der Waals surface area (Å²) in [6, 6.07) is 13.4. The lowest BCUT2D eigenvalue weighted by molar-refractivity contribution is -0.385. The van der Waals surface area contributed by atoms with Crippen LogP contribution in [-0.4, -0.2) is 48.1 Å². The number of carbonyl (C=O) groups is 1. The minimum absolute atomic E-state index is 0.0587. The number of non-ortho nitro benzene ring substituents is 1. The van der Waals surface area contributed by atoms with Gasteiger partial charge in [0.25, 0.3) is 5.69 Å². The molecule has 170 valence electrons. The van der Waals surface area contributed by atoms with Crippen molar-refractivity contribution in [2.24, 2.45) is 5.92 Å². The average Bonchev–Trinajstić information content (AvgIpc) is 3.29. The van der Waals surface area contributed by atoms with Crippen molar-refractivity contribution in [3.05, 3.63) is 69.2 Å². The van der Waals surface area contributed by atoms with E-state index in [0.717, 1.165) is 24.5 Å². The first-order chi connectivity index (χ1) is 15.3. The van der Waals surface area contributed by atoms with Crippen molar-refractivity contribution >= 4 is 33.2 Å². The van der Waals surface area contributed by atoms with E-state index in [4.69, 9.17) is 11.6 Å². The van der Waals surface area contributed by atoms with Gasteiger partial charge in [-0.15, -0.1) is 0 Å². The van der Waals surface area contributed by atoms with E-state index in [1.54, 1.807) is 0 Å².